The Morgan fingerprint density at radius 2 is 1.96 bits per heavy atom. The van der Waals surface area contributed by atoms with Crippen LogP contribution in [0.3, 0.4) is 0 Å². The Balaban J connectivity index is 1.63. The molecular formula is C14H15F3N8O. The molecule has 3 aromatic rings. The van der Waals surface area contributed by atoms with Gasteiger partial charge < -0.3 is 4.90 Å². The van der Waals surface area contributed by atoms with Crippen molar-refractivity contribution >= 4 is 11.6 Å². The summed E-state index contributed by atoms with van der Waals surface area (Å²) in [4.78, 5) is 23.3. The molecule has 3 aromatic heterocycles. The van der Waals surface area contributed by atoms with Crippen molar-refractivity contribution in [1.82, 2.24) is 34.8 Å². The van der Waals surface area contributed by atoms with Gasteiger partial charge in [0.25, 0.3) is 11.6 Å². The van der Waals surface area contributed by atoms with Crippen LogP contribution in [0.25, 0.3) is 5.78 Å². The van der Waals surface area contributed by atoms with E-state index in [1.165, 1.54) is 0 Å². The van der Waals surface area contributed by atoms with Gasteiger partial charge in [-0.05, 0) is 19.8 Å². The van der Waals surface area contributed by atoms with E-state index in [0.717, 1.165) is 4.52 Å². The summed E-state index contributed by atoms with van der Waals surface area (Å²) in [5.74, 6) is -0.0766. The summed E-state index contributed by atoms with van der Waals surface area (Å²) in [5.41, 5.74) is 0.212. The van der Waals surface area contributed by atoms with Crippen molar-refractivity contribution in [2.24, 2.45) is 0 Å². The summed E-state index contributed by atoms with van der Waals surface area (Å²) >= 11 is 0. The van der Waals surface area contributed by atoms with Gasteiger partial charge in [-0.15, -0.1) is 5.10 Å². The molecule has 138 valence electrons. The number of fused-ring (bicyclic) bond motifs is 1. The third kappa shape index (κ3) is 2.91. The fourth-order valence-electron chi connectivity index (χ4n) is 3.17. The molecule has 0 unspecified atom stereocenters. The highest BCUT2D eigenvalue weighted by Crippen LogP contribution is 2.30. The van der Waals surface area contributed by atoms with Crippen molar-refractivity contribution in [2.45, 2.75) is 31.9 Å². The van der Waals surface area contributed by atoms with E-state index in [1.54, 1.807) is 13.0 Å². The first-order chi connectivity index (χ1) is 12.3. The fourth-order valence-corrected chi connectivity index (χ4v) is 3.17. The van der Waals surface area contributed by atoms with Crippen molar-refractivity contribution in [3.8, 4) is 0 Å². The first-order valence-electron chi connectivity index (χ1n) is 8.02. The second-order valence-electron chi connectivity index (χ2n) is 6.22. The quantitative estimate of drug-likeness (QED) is 0.705. The highest BCUT2D eigenvalue weighted by molar-refractivity contribution is 5.48. The second-order valence-corrected chi connectivity index (χ2v) is 6.22. The molecule has 26 heavy (non-hydrogen) atoms. The molecule has 0 aromatic carbocycles. The molecular weight excluding hydrogens is 353 g/mol. The minimum Gasteiger partial charge on any atom is -0.356 e. The predicted octanol–water partition coefficient (Wildman–Crippen LogP) is 1.25. The summed E-state index contributed by atoms with van der Waals surface area (Å²) in [6.45, 7) is 2.87. The molecule has 1 saturated heterocycles. The fraction of sp³-hybridized carbons (Fsp3) is 0.500. The third-order valence-corrected chi connectivity index (χ3v) is 4.40. The molecule has 0 radical (unpaired) electrons. The smallest absolute Gasteiger partial charge is 0.356 e. The minimum absolute atomic E-state index is 0.0777. The predicted molar refractivity (Wildman–Crippen MR) is 83.9 cm³/mol. The number of nitrogens with zero attached hydrogens (tertiary/aromatic N) is 6. The highest BCUT2D eigenvalue weighted by atomic mass is 19.4. The van der Waals surface area contributed by atoms with Crippen LogP contribution in [0.4, 0.5) is 19.0 Å². The van der Waals surface area contributed by atoms with Gasteiger partial charge in [0.05, 0.1) is 0 Å². The molecule has 0 saturated carbocycles. The Morgan fingerprint density at radius 1 is 1.23 bits per heavy atom. The Labute approximate surface area is 144 Å². The zero-order chi connectivity index (χ0) is 18.5. The summed E-state index contributed by atoms with van der Waals surface area (Å²) in [7, 11) is 0. The van der Waals surface area contributed by atoms with E-state index in [9.17, 15) is 18.0 Å². The molecule has 0 atom stereocenters. The van der Waals surface area contributed by atoms with Crippen LogP contribution in [0.5, 0.6) is 0 Å². The second kappa shape index (κ2) is 5.81. The molecule has 2 N–H and O–H groups in total. The number of hydrogen-bond acceptors (Lipinski definition) is 6. The largest absolute Gasteiger partial charge is 0.453 e. The van der Waals surface area contributed by atoms with Crippen LogP contribution in [0.2, 0.25) is 0 Å². The lowest BCUT2D eigenvalue weighted by Crippen LogP contribution is -2.34. The molecule has 4 rings (SSSR count). The average Bonchev–Trinajstić information content (AvgIpc) is 3.20. The van der Waals surface area contributed by atoms with Crippen molar-refractivity contribution in [3.63, 3.8) is 0 Å². The van der Waals surface area contributed by atoms with Crippen LogP contribution < -0.4 is 10.6 Å². The van der Waals surface area contributed by atoms with Crippen LogP contribution in [-0.4, -0.2) is 47.9 Å². The van der Waals surface area contributed by atoms with Gasteiger partial charge in [-0.25, -0.2) is 14.9 Å². The number of alkyl halides is 3. The monoisotopic (exact) mass is 368 g/mol. The van der Waals surface area contributed by atoms with Crippen LogP contribution in [-0.2, 0) is 6.18 Å². The first kappa shape index (κ1) is 16.5. The molecule has 1 aliphatic heterocycles. The minimum atomic E-state index is -4.63. The number of halogens is 3. The van der Waals surface area contributed by atoms with Crippen LogP contribution >= 0.6 is 0 Å². The maximum Gasteiger partial charge on any atom is 0.453 e. The van der Waals surface area contributed by atoms with E-state index < -0.39 is 12.0 Å². The number of nitrogens with one attached hydrogen (secondary N) is 2. The van der Waals surface area contributed by atoms with Gasteiger partial charge >= 0.3 is 11.9 Å². The first-order valence-corrected chi connectivity index (χ1v) is 8.02. The molecule has 0 bridgehead atoms. The Kier molecular flexibility index (Phi) is 3.70. The Morgan fingerprint density at radius 3 is 2.58 bits per heavy atom. The topological polar surface area (TPSA) is 108 Å². The van der Waals surface area contributed by atoms with Crippen LogP contribution in [0, 0.1) is 6.92 Å². The molecule has 0 spiro atoms. The third-order valence-electron chi connectivity index (χ3n) is 4.40. The maximum absolute atomic E-state index is 12.9. The Hall–Kier alpha value is -2.92. The molecule has 9 nitrogen and oxygen atoms in total. The molecule has 0 amide bonds. The number of piperidine rings is 1. The summed E-state index contributed by atoms with van der Waals surface area (Å²) < 4.78 is 39.9. The lowest BCUT2D eigenvalue weighted by molar-refractivity contribution is -0.144. The van der Waals surface area contributed by atoms with Gasteiger partial charge in [0.1, 0.15) is 11.6 Å². The summed E-state index contributed by atoms with van der Waals surface area (Å²) in [6.07, 6.45) is -3.23. The number of H-pyrrole nitrogens is 2. The van der Waals surface area contributed by atoms with Gasteiger partial charge in [0.2, 0.25) is 0 Å². The lowest BCUT2D eigenvalue weighted by Gasteiger charge is -2.32. The van der Waals surface area contributed by atoms with Crippen LogP contribution in [0.15, 0.2) is 10.9 Å². The van der Waals surface area contributed by atoms with E-state index in [-0.39, 0.29) is 17.4 Å². The van der Waals surface area contributed by atoms with Gasteiger partial charge in [0, 0.05) is 30.8 Å². The van der Waals surface area contributed by atoms with Crippen molar-refractivity contribution < 1.29 is 13.2 Å². The van der Waals surface area contributed by atoms with Crippen molar-refractivity contribution in [3.05, 3.63) is 33.9 Å². The zero-order valence-corrected chi connectivity index (χ0v) is 13.7. The SMILES string of the molecule is Cc1cc(N2CCC(c3n[nH]c(=O)[nH]3)CC2)n2nc(C(F)(F)F)nc2n1. The lowest BCUT2D eigenvalue weighted by atomic mass is 9.96. The molecule has 1 aliphatic rings. The normalized spacial score (nSPS) is 16.5. The number of aromatic amines is 2. The van der Waals surface area contributed by atoms with Crippen LogP contribution in [0.1, 0.15) is 36.1 Å². The number of anilines is 1. The van der Waals surface area contributed by atoms with E-state index in [4.69, 9.17) is 0 Å². The zero-order valence-electron chi connectivity index (χ0n) is 13.7. The molecule has 1 fully saturated rings. The maximum atomic E-state index is 12.9. The van der Waals surface area contributed by atoms with E-state index in [2.05, 4.69) is 30.2 Å². The van der Waals surface area contributed by atoms with Gasteiger partial charge in [-0.1, -0.05) is 0 Å². The average molecular weight is 368 g/mol. The van der Waals surface area contributed by atoms with Gasteiger partial charge in [0.15, 0.2) is 0 Å². The van der Waals surface area contributed by atoms with Gasteiger partial charge in [-0.2, -0.15) is 27.8 Å². The summed E-state index contributed by atoms with van der Waals surface area (Å²) in [6, 6.07) is 1.69. The number of aromatic nitrogens is 7. The highest BCUT2D eigenvalue weighted by Gasteiger charge is 2.37. The van der Waals surface area contributed by atoms with Crippen molar-refractivity contribution in [1.29, 1.82) is 0 Å². The number of aryl methyl sites for hydroxylation is 1. The Bertz CT molecular complexity index is 996. The van der Waals surface area contributed by atoms with E-state index >= 15 is 0 Å². The summed E-state index contributed by atoms with van der Waals surface area (Å²) in [5, 5.41) is 9.90. The van der Waals surface area contributed by atoms with E-state index in [0.29, 0.717) is 43.3 Å². The van der Waals surface area contributed by atoms with E-state index in [1.807, 2.05) is 4.90 Å². The molecule has 12 heteroatoms. The number of rotatable bonds is 2. The molecule has 4 heterocycles. The molecule has 0 aliphatic carbocycles. The standard InChI is InChI=1S/C14H15F3N8O/c1-7-6-9(25-12(18-7)20-11(23-25)14(15,16)17)24-4-2-8(3-5-24)10-19-13(26)22-21-10/h6,8H,2-5H2,1H3,(H2,19,21,22,26). The number of hydrogen-bond donors (Lipinski definition) is 2. The van der Waals surface area contributed by atoms with Crippen molar-refractivity contribution in [2.75, 3.05) is 18.0 Å². The van der Waals surface area contributed by atoms with Gasteiger partial charge in [-0.3, -0.25) is 4.98 Å².